The van der Waals surface area contributed by atoms with Gasteiger partial charge in [0.25, 0.3) is 5.91 Å². The summed E-state index contributed by atoms with van der Waals surface area (Å²) < 4.78 is 1.81. The lowest BCUT2D eigenvalue weighted by molar-refractivity contribution is -0.113. The van der Waals surface area contributed by atoms with Gasteiger partial charge in [-0.05, 0) is 48.0 Å². The lowest BCUT2D eigenvalue weighted by atomic mass is 10.1. The van der Waals surface area contributed by atoms with Crippen molar-refractivity contribution in [1.29, 1.82) is 0 Å². The molecule has 0 saturated heterocycles. The fourth-order valence-electron chi connectivity index (χ4n) is 3.63. The molecule has 1 aromatic heterocycles. The monoisotopic (exact) mass is 539 g/mol. The molecule has 0 aliphatic carbocycles. The van der Waals surface area contributed by atoms with Gasteiger partial charge in [-0.15, -0.1) is 16.8 Å². The van der Waals surface area contributed by atoms with E-state index in [4.69, 9.17) is 23.2 Å². The normalized spacial score (nSPS) is 11.8. The Morgan fingerprint density at radius 1 is 1.08 bits per heavy atom. The summed E-state index contributed by atoms with van der Waals surface area (Å²) in [6.45, 7) is 6.01. The Balaban J connectivity index is 1.42. The van der Waals surface area contributed by atoms with Crippen molar-refractivity contribution in [3.8, 4) is 0 Å². The van der Waals surface area contributed by atoms with E-state index in [-0.39, 0.29) is 22.6 Å². The summed E-state index contributed by atoms with van der Waals surface area (Å²) in [6.07, 6.45) is 1.71. The molecule has 0 bridgehead atoms. The fourth-order valence-corrected chi connectivity index (χ4v) is 4.88. The highest BCUT2D eigenvalue weighted by atomic mass is 35.5. The molecule has 2 N–H and O–H groups in total. The van der Waals surface area contributed by atoms with Crippen molar-refractivity contribution in [2.75, 3.05) is 11.1 Å². The van der Waals surface area contributed by atoms with Gasteiger partial charge in [-0.2, -0.15) is 0 Å². The number of allylic oxidation sites excluding steroid dienone is 1. The number of aromatic nitrogens is 3. The first-order valence-electron chi connectivity index (χ1n) is 11.1. The van der Waals surface area contributed by atoms with Gasteiger partial charge in [0.1, 0.15) is 0 Å². The van der Waals surface area contributed by atoms with Crippen LogP contribution in [0.1, 0.15) is 29.1 Å². The lowest BCUT2D eigenvalue weighted by Gasteiger charge is -2.16. The Hall–Kier alpha value is -3.33. The van der Waals surface area contributed by atoms with Crippen LogP contribution in [0.15, 0.2) is 78.5 Å². The second-order valence-electron chi connectivity index (χ2n) is 7.96. The third-order valence-electron chi connectivity index (χ3n) is 5.33. The van der Waals surface area contributed by atoms with E-state index < -0.39 is 6.04 Å². The maximum atomic E-state index is 12.7. The predicted molar refractivity (Wildman–Crippen MR) is 146 cm³/mol. The summed E-state index contributed by atoms with van der Waals surface area (Å²) >= 11 is 13.3. The summed E-state index contributed by atoms with van der Waals surface area (Å²) in [5.41, 5.74) is 1.03. The van der Waals surface area contributed by atoms with Crippen LogP contribution in [-0.4, -0.2) is 32.3 Å². The molecule has 7 nitrogen and oxygen atoms in total. The number of amides is 2. The molecule has 0 aliphatic rings. The Bertz CT molecular complexity index is 1440. The summed E-state index contributed by atoms with van der Waals surface area (Å²) in [7, 11) is 0. The van der Waals surface area contributed by atoms with Crippen LogP contribution in [0.25, 0.3) is 10.8 Å². The Morgan fingerprint density at radius 2 is 1.86 bits per heavy atom. The molecule has 184 valence electrons. The second-order valence-corrected chi connectivity index (χ2v) is 9.74. The minimum absolute atomic E-state index is 0.142. The Kier molecular flexibility index (Phi) is 8.30. The SMILES string of the molecule is C=CCn1c(SCC(=O)Nc2ccc3ccccc3c2)nnc1[C@H](C)NC(=O)c1ccc(Cl)cc1Cl. The van der Waals surface area contributed by atoms with Crippen LogP contribution in [0.5, 0.6) is 0 Å². The molecule has 0 saturated carbocycles. The van der Waals surface area contributed by atoms with E-state index >= 15 is 0 Å². The summed E-state index contributed by atoms with van der Waals surface area (Å²) in [5.74, 6) is 0.152. The van der Waals surface area contributed by atoms with E-state index in [0.29, 0.717) is 28.1 Å². The average Bonchev–Trinajstić information content (AvgIpc) is 3.25. The molecular formula is C26H23Cl2N5O2S. The van der Waals surface area contributed by atoms with Crippen molar-refractivity contribution < 1.29 is 9.59 Å². The highest BCUT2D eigenvalue weighted by Crippen LogP contribution is 2.24. The molecular weight excluding hydrogens is 517 g/mol. The van der Waals surface area contributed by atoms with Crippen molar-refractivity contribution in [2.45, 2.75) is 24.7 Å². The third-order valence-corrected chi connectivity index (χ3v) is 6.85. The van der Waals surface area contributed by atoms with E-state index in [1.807, 2.05) is 47.0 Å². The molecule has 0 unspecified atom stereocenters. The van der Waals surface area contributed by atoms with Gasteiger partial charge in [-0.1, -0.05) is 71.4 Å². The fraction of sp³-hybridized carbons (Fsp3) is 0.154. The summed E-state index contributed by atoms with van der Waals surface area (Å²) in [5, 5.41) is 17.7. The predicted octanol–water partition coefficient (Wildman–Crippen LogP) is 6.15. The van der Waals surface area contributed by atoms with E-state index in [1.165, 1.54) is 17.8 Å². The van der Waals surface area contributed by atoms with E-state index in [2.05, 4.69) is 27.4 Å². The number of benzene rings is 3. The molecule has 10 heteroatoms. The van der Waals surface area contributed by atoms with Crippen molar-refractivity contribution in [1.82, 2.24) is 20.1 Å². The number of anilines is 1. The van der Waals surface area contributed by atoms with Crippen LogP contribution in [0, 0.1) is 0 Å². The lowest BCUT2D eigenvalue weighted by Crippen LogP contribution is -2.29. The quantitative estimate of drug-likeness (QED) is 0.197. The Morgan fingerprint density at radius 3 is 2.61 bits per heavy atom. The molecule has 4 rings (SSSR count). The zero-order valence-electron chi connectivity index (χ0n) is 19.4. The van der Waals surface area contributed by atoms with E-state index in [9.17, 15) is 9.59 Å². The molecule has 1 heterocycles. The molecule has 3 aromatic carbocycles. The number of rotatable bonds is 9. The molecule has 36 heavy (non-hydrogen) atoms. The van der Waals surface area contributed by atoms with Crippen LogP contribution in [-0.2, 0) is 11.3 Å². The molecule has 1 atom stereocenters. The van der Waals surface area contributed by atoms with Crippen molar-refractivity contribution >= 4 is 63.2 Å². The minimum Gasteiger partial charge on any atom is -0.342 e. The number of nitrogens with one attached hydrogen (secondary N) is 2. The van der Waals surface area contributed by atoms with Crippen LogP contribution in [0.2, 0.25) is 10.0 Å². The van der Waals surface area contributed by atoms with Gasteiger partial charge in [0, 0.05) is 17.3 Å². The average molecular weight is 540 g/mol. The standard InChI is InChI=1S/C26H23Cl2N5O2S/c1-3-12-33-24(16(2)29-25(35)21-11-9-19(27)14-22(21)28)31-32-26(33)36-15-23(34)30-20-10-8-17-6-4-5-7-18(17)13-20/h3-11,13-14,16H,1,12,15H2,2H3,(H,29,35)(H,30,34)/t16-/m0/s1. The summed E-state index contributed by atoms with van der Waals surface area (Å²) in [6, 6.07) is 17.9. The Labute approximate surface area is 222 Å². The van der Waals surface area contributed by atoms with Gasteiger partial charge in [-0.25, -0.2) is 0 Å². The number of carbonyl (C=O) groups excluding carboxylic acids is 2. The molecule has 0 radical (unpaired) electrons. The number of hydrogen-bond donors (Lipinski definition) is 2. The van der Waals surface area contributed by atoms with Gasteiger partial charge in [0.2, 0.25) is 5.91 Å². The molecule has 0 spiro atoms. The number of thioether (sulfide) groups is 1. The number of halogens is 2. The zero-order valence-corrected chi connectivity index (χ0v) is 21.7. The van der Waals surface area contributed by atoms with Gasteiger partial charge >= 0.3 is 0 Å². The van der Waals surface area contributed by atoms with Gasteiger partial charge < -0.3 is 15.2 Å². The number of hydrogen-bond acceptors (Lipinski definition) is 5. The van der Waals surface area contributed by atoms with Crippen LogP contribution < -0.4 is 10.6 Å². The highest BCUT2D eigenvalue weighted by Gasteiger charge is 2.21. The number of carbonyl (C=O) groups is 2. The number of fused-ring (bicyclic) bond motifs is 1. The zero-order chi connectivity index (χ0) is 25.7. The number of nitrogens with zero attached hydrogens (tertiary/aromatic N) is 3. The van der Waals surface area contributed by atoms with E-state index in [1.54, 1.807) is 25.1 Å². The first kappa shape index (κ1) is 25.8. The first-order valence-corrected chi connectivity index (χ1v) is 12.8. The smallest absolute Gasteiger partial charge is 0.253 e. The largest absolute Gasteiger partial charge is 0.342 e. The first-order chi connectivity index (χ1) is 17.4. The molecule has 0 fully saturated rings. The van der Waals surface area contributed by atoms with Crippen molar-refractivity contribution in [3.63, 3.8) is 0 Å². The van der Waals surface area contributed by atoms with Gasteiger partial charge in [0.05, 0.1) is 22.4 Å². The van der Waals surface area contributed by atoms with Gasteiger partial charge in [-0.3, -0.25) is 9.59 Å². The second kappa shape index (κ2) is 11.6. The molecule has 0 aliphatic heterocycles. The van der Waals surface area contributed by atoms with Crippen molar-refractivity contribution in [2.24, 2.45) is 0 Å². The minimum atomic E-state index is -0.475. The molecule has 4 aromatic rings. The van der Waals surface area contributed by atoms with E-state index in [0.717, 1.165) is 16.5 Å². The maximum absolute atomic E-state index is 12.7. The topological polar surface area (TPSA) is 88.9 Å². The molecule has 2 amide bonds. The van der Waals surface area contributed by atoms with Crippen molar-refractivity contribution in [3.05, 3.63) is 94.8 Å². The summed E-state index contributed by atoms with van der Waals surface area (Å²) in [4.78, 5) is 25.3. The maximum Gasteiger partial charge on any atom is 0.253 e. The van der Waals surface area contributed by atoms with Gasteiger partial charge in [0.15, 0.2) is 11.0 Å². The third kappa shape index (κ3) is 6.07. The van der Waals surface area contributed by atoms with Crippen LogP contribution in [0.3, 0.4) is 0 Å². The van der Waals surface area contributed by atoms with Crippen LogP contribution >= 0.6 is 35.0 Å². The highest BCUT2D eigenvalue weighted by molar-refractivity contribution is 7.99. The van der Waals surface area contributed by atoms with Crippen LogP contribution in [0.4, 0.5) is 5.69 Å².